The van der Waals surface area contributed by atoms with Gasteiger partial charge in [-0.2, -0.15) is 5.10 Å². The Morgan fingerprint density at radius 3 is 3.19 bits per heavy atom. The number of nitrogens with one attached hydrogen (secondary N) is 4. The van der Waals surface area contributed by atoms with Gasteiger partial charge in [0.25, 0.3) is 5.91 Å². The maximum Gasteiger partial charge on any atom is 0.260 e. The van der Waals surface area contributed by atoms with Gasteiger partial charge < -0.3 is 16.4 Å². The number of pyridine rings is 1. The molecule has 3 aromatic heterocycles. The van der Waals surface area contributed by atoms with E-state index in [1.807, 2.05) is 6.07 Å². The van der Waals surface area contributed by atoms with E-state index in [4.69, 9.17) is 5.73 Å². The smallest absolute Gasteiger partial charge is 0.260 e. The van der Waals surface area contributed by atoms with Crippen molar-refractivity contribution in [2.45, 2.75) is 37.9 Å². The molecule has 1 aliphatic heterocycles. The molecule has 3 unspecified atom stereocenters. The molecule has 5 rings (SSSR count). The first kappa shape index (κ1) is 20.9. The number of rotatable bonds is 7. The van der Waals surface area contributed by atoms with Crippen LogP contribution in [0.25, 0.3) is 10.6 Å². The molecule has 1 saturated carbocycles. The molecule has 2 fully saturated rings. The first-order valence-electron chi connectivity index (χ1n) is 10.8. The van der Waals surface area contributed by atoms with Crippen molar-refractivity contribution in [3.05, 3.63) is 36.3 Å². The zero-order valence-electron chi connectivity index (χ0n) is 17.5. The number of amides is 1. The third kappa shape index (κ3) is 4.63. The lowest BCUT2D eigenvalue weighted by molar-refractivity contribution is 0.102. The van der Waals surface area contributed by atoms with Crippen molar-refractivity contribution >= 4 is 28.2 Å². The zero-order valence-corrected chi connectivity index (χ0v) is 18.3. The van der Waals surface area contributed by atoms with Crippen LogP contribution in [0.4, 0.5) is 10.9 Å². The fraction of sp³-hybridized carbons (Fsp3) is 0.450. The number of hydrazine groups is 1. The molecule has 1 saturated heterocycles. The average Bonchev–Trinajstić information content (AvgIpc) is 3.55. The van der Waals surface area contributed by atoms with Crippen molar-refractivity contribution in [2.24, 2.45) is 11.7 Å². The summed E-state index contributed by atoms with van der Waals surface area (Å²) in [6.45, 7) is 2.04. The Bertz CT molecular complexity index is 1080. The maximum absolute atomic E-state index is 12.5. The Labute approximate surface area is 189 Å². The average molecular weight is 455 g/mol. The highest BCUT2D eigenvalue weighted by atomic mass is 32.1. The summed E-state index contributed by atoms with van der Waals surface area (Å²) in [5.41, 5.74) is 13.5. The van der Waals surface area contributed by atoms with E-state index in [2.05, 4.69) is 41.8 Å². The van der Waals surface area contributed by atoms with Crippen molar-refractivity contribution < 1.29 is 4.79 Å². The summed E-state index contributed by atoms with van der Waals surface area (Å²) in [5.74, 6) is 0.829. The largest absolute Gasteiger partial charge is 0.357 e. The lowest BCUT2D eigenvalue weighted by Gasteiger charge is -2.30. The third-order valence-corrected chi connectivity index (χ3v) is 6.79. The van der Waals surface area contributed by atoms with Crippen LogP contribution in [-0.2, 0) is 6.54 Å². The van der Waals surface area contributed by atoms with Gasteiger partial charge in [0.15, 0.2) is 0 Å². The molecule has 2 aliphatic rings. The van der Waals surface area contributed by atoms with Crippen LogP contribution in [0.3, 0.4) is 0 Å². The van der Waals surface area contributed by atoms with Crippen LogP contribution in [0.1, 0.15) is 29.6 Å². The molecule has 0 spiro atoms. The molecule has 0 aromatic carbocycles. The first-order chi connectivity index (χ1) is 15.7. The zero-order chi connectivity index (χ0) is 21.9. The van der Waals surface area contributed by atoms with Crippen LogP contribution in [0.2, 0.25) is 0 Å². The van der Waals surface area contributed by atoms with Gasteiger partial charge in [0, 0.05) is 43.1 Å². The van der Waals surface area contributed by atoms with Gasteiger partial charge in [0.05, 0.1) is 18.3 Å². The fourth-order valence-electron chi connectivity index (χ4n) is 4.26. The Morgan fingerprint density at radius 2 is 2.28 bits per heavy atom. The number of carbonyl (C=O) groups is 1. The predicted octanol–water partition coefficient (Wildman–Crippen LogP) is 1.06. The molecule has 1 amide bonds. The van der Waals surface area contributed by atoms with Crippen LogP contribution >= 0.6 is 11.3 Å². The molecule has 3 aromatic rings. The van der Waals surface area contributed by atoms with Gasteiger partial charge in [-0.25, -0.2) is 4.98 Å². The quantitative estimate of drug-likeness (QED) is 0.353. The van der Waals surface area contributed by atoms with E-state index in [0.717, 1.165) is 41.5 Å². The van der Waals surface area contributed by atoms with E-state index in [1.165, 1.54) is 17.5 Å². The van der Waals surface area contributed by atoms with E-state index < -0.39 is 0 Å². The van der Waals surface area contributed by atoms with Gasteiger partial charge in [0.1, 0.15) is 10.8 Å². The van der Waals surface area contributed by atoms with Gasteiger partial charge >= 0.3 is 0 Å². The highest BCUT2D eigenvalue weighted by molar-refractivity contribution is 7.18. The standard InChI is InChI=1S/C20H26N10OS/c21-4-6-30-11-14(10-24-30)18(31)26-17-8-12(3-5-22-17)19-28-29-20(32-19)25-15-1-2-16-13(7-15)9-23-27-16/h3,5,8,10-11,13,15-16,23,27H,1-2,4,6-7,9,21H2,(H,25,29)(H,22,26,31). The Kier molecular flexibility index (Phi) is 6.08. The van der Waals surface area contributed by atoms with Gasteiger partial charge in [-0.05, 0) is 37.3 Å². The van der Waals surface area contributed by atoms with Crippen LogP contribution in [-0.4, -0.2) is 56.0 Å². The Hall–Kier alpha value is -2.93. The second-order valence-electron chi connectivity index (χ2n) is 8.12. The molecular weight excluding hydrogens is 428 g/mol. The van der Waals surface area contributed by atoms with Crippen molar-refractivity contribution in [1.29, 1.82) is 0 Å². The predicted molar refractivity (Wildman–Crippen MR) is 122 cm³/mol. The minimum atomic E-state index is -0.274. The van der Waals surface area contributed by atoms with Crippen molar-refractivity contribution in [3.63, 3.8) is 0 Å². The van der Waals surface area contributed by atoms with E-state index >= 15 is 0 Å². The van der Waals surface area contributed by atoms with Crippen molar-refractivity contribution in [1.82, 2.24) is 35.8 Å². The van der Waals surface area contributed by atoms with Gasteiger partial charge in [-0.1, -0.05) is 11.3 Å². The maximum atomic E-state index is 12.5. The molecule has 11 nitrogen and oxygen atoms in total. The number of nitrogens with two attached hydrogens (primary N) is 1. The number of hydrogen-bond acceptors (Lipinski definition) is 10. The third-order valence-electron chi connectivity index (χ3n) is 5.89. The SMILES string of the molecule is NCCn1cc(C(=O)Nc2cc(-c3nnc(NC4CCC5NNCC5C4)s3)ccn2)cn1. The lowest BCUT2D eigenvalue weighted by Crippen LogP contribution is -2.39. The number of hydrogen-bond donors (Lipinski definition) is 5. The summed E-state index contributed by atoms with van der Waals surface area (Å²) in [5, 5.41) is 20.7. The molecule has 12 heteroatoms. The number of fused-ring (bicyclic) bond motifs is 1. The Balaban J connectivity index is 1.22. The molecule has 4 heterocycles. The minimum absolute atomic E-state index is 0.274. The molecule has 3 atom stereocenters. The van der Waals surface area contributed by atoms with E-state index in [9.17, 15) is 4.79 Å². The molecule has 6 N–H and O–H groups in total. The number of carbonyl (C=O) groups excluding carboxylic acids is 1. The summed E-state index contributed by atoms with van der Waals surface area (Å²) < 4.78 is 1.64. The normalized spacial score (nSPS) is 22.5. The lowest BCUT2D eigenvalue weighted by atomic mass is 9.83. The van der Waals surface area contributed by atoms with E-state index in [1.54, 1.807) is 23.1 Å². The van der Waals surface area contributed by atoms with E-state index in [0.29, 0.717) is 42.5 Å². The highest BCUT2D eigenvalue weighted by Crippen LogP contribution is 2.32. The fourth-order valence-corrected chi connectivity index (χ4v) is 5.08. The second kappa shape index (κ2) is 9.28. The van der Waals surface area contributed by atoms with Crippen LogP contribution in [0.5, 0.6) is 0 Å². The first-order valence-corrected chi connectivity index (χ1v) is 11.6. The minimum Gasteiger partial charge on any atom is -0.357 e. The van der Waals surface area contributed by atoms with Crippen LogP contribution < -0.4 is 27.2 Å². The number of aromatic nitrogens is 5. The Morgan fingerprint density at radius 1 is 1.34 bits per heavy atom. The highest BCUT2D eigenvalue weighted by Gasteiger charge is 2.34. The molecule has 0 radical (unpaired) electrons. The van der Waals surface area contributed by atoms with Gasteiger partial charge in [-0.15, -0.1) is 10.2 Å². The molecule has 0 bridgehead atoms. The topological polar surface area (TPSA) is 148 Å². The monoisotopic (exact) mass is 454 g/mol. The van der Waals surface area contributed by atoms with Gasteiger partial charge in [-0.3, -0.25) is 20.3 Å². The van der Waals surface area contributed by atoms with Gasteiger partial charge in [0.2, 0.25) is 5.13 Å². The molecule has 1 aliphatic carbocycles. The summed E-state index contributed by atoms with van der Waals surface area (Å²) in [7, 11) is 0. The molecule has 168 valence electrons. The summed E-state index contributed by atoms with van der Waals surface area (Å²) in [6.07, 6.45) is 8.21. The van der Waals surface area contributed by atoms with E-state index in [-0.39, 0.29) is 5.91 Å². The van der Waals surface area contributed by atoms with Crippen LogP contribution in [0, 0.1) is 5.92 Å². The second-order valence-corrected chi connectivity index (χ2v) is 9.10. The number of nitrogens with zero attached hydrogens (tertiary/aromatic N) is 5. The van der Waals surface area contributed by atoms with Crippen molar-refractivity contribution in [3.8, 4) is 10.6 Å². The molecule has 32 heavy (non-hydrogen) atoms. The summed E-state index contributed by atoms with van der Waals surface area (Å²) >= 11 is 1.51. The van der Waals surface area contributed by atoms with Crippen molar-refractivity contribution in [2.75, 3.05) is 23.7 Å². The van der Waals surface area contributed by atoms with Crippen LogP contribution in [0.15, 0.2) is 30.7 Å². The summed E-state index contributed by atoms with van der Waals surface area (Å²) in [4.78, 5) is 16.8. The molecular formula is C20H26N10OS. The number of anilines is 2. The summed E-state index contributed by atoms with van der Waals surface area (Å²) in [6, 6.07) is 4.65.